The molecule has 3 N–H and O–H groups in total. The van der Waals surface area contributed by atoms with Crippen LogP contribution in [0.2, 0.25) is 5.02 Å². The number of urea groups is 1. The predicted molar refractivity (Wildman–Crippen MR) is 101 cm³/mol. The van der Waals surface area contributed by atoms with E-state index in [0.29, 0.717) is 10.7 Å². The van der Waals surface area contributed by atoms with E-state index >= 15 is 0 Å². The van der Waals surface area contributed by atoms with Gasteiger partial charge in [-0.2, -0.15) is 0 Å². The molecule has 0 aliphatic rings. The van der Waals surface area contributed by atoms with Gasteiger partial charge in [-0.3, -0.25) is 10.1 Å². The van der Waals surface area contributed by atoms with Crippen LogP contribution in [0.3, 0.4) is 0 Å². The second kappa shape index (κ2) is 9.20. The summed E-state index contributed by atoms with van der Waals surface area (Å²) in [5, 5.41) is 8.78. The van der Waals surface area contributed by atoms with Crippen molar-refractivity contribution in [3.8, 4) is 0 Å². The summed E-state index contributed by atoms with van der Waals surface area (Å²) in [6.45, 7) is 4.16. The monoisotopic (exact) mass is 359 g/mol. The first-order chi connectivity index (χ1) is 12.0. The lowest BCUT2D eigenvalue weighted by atomic mass is 9.96. The lowest BCUT2D eigenvalue weighted by Crippen LogP contribution is -2.41. The molecule has 5 nitrogen and oxygen atoms in total. The fourth-order valence-electron chi connectivity index (χ4n) is 2.47. The van der Waals surface area contributed by atoms with Crippen LogP contribution in [-0.2, 0) is 4.79 Å². The molecule has 1 unspecified atom stereocenters. The summed E-state index contributed by atoms with van der Waals surface area (Å²) in [6, 6.07) is 15.9. The Balaban J connectivity index is 1.86. The van der Waals surface area contributed by atoms with E-state index in [-0.39, 0.29) is 18.5 Å². The lowest BCUT2D eigenvalue weighted by Gasteiger charge is -2.22. The Morgan fingerprint density at radius 3 is 2.24 bits per heavy atom. The van der Waals surface area contributed by atoms with Gasteiger partial charge in [0.2, 0.25) is 5.91 Å². The molecule has 0 spiro atoms. The van der Waals surface area contributed by atoms with Gasteiger partial charge in [0.1, 0.15) is 0 Å². The van der Waals surface area contributed by atoms with Gasteiger partial charge in [-0.15, -0.1) is 0 Å². The summed E-state index contributed by atoms with van der Waals surface area (Å²) < 4.78 is 0. The van der Waals surface area contributed by atoms with Crippen molar-refractivity contribution in [2.75, 3.05) is 11.9 Å². The van der Waals surface area contributed by atoms with Crippen molar-refractivity contribution in [1.29, 1.82) is 0 Å². The van der Waals surface area contributed by atoms with E-state index < -0.39 is 11.9 Å². The summed E-state index contributed by atoms with van der Waals surface area (Å²) in [5.41, 5.74) is 1.67. The van der Waals surface area contributed by atoms with Gasteiger partial charge in [-0.05, 0) is 35.7 Å². The van der Waals surface area contributed by atoms with Crippen molar-refractivity contribution in [2.24, 2.45) is 5.92 Å². The zero-order valence-corrected chi connectivity index (χ0v) is 15.0. The number of para-hydroxylation sites is 1. The van der Waals surface area contributed by atoms with Gasteiger partial charge in [-0.25, -0.2) is 4.79 Å². The minimum atomic E-state index is -0.550. The fourth-order valence-corrected chi connectivity index (χ4v) is 2.59. The molecule has 6 heteroatoms. The van der Waals surface area contributed by atoms with E-state index in [2.05, 4.69) is 29.8 Å². The highest BCUT2D eigenvalue weighted by Gasteiger charge is 2.17. The Hall–Kier alpha value is -2.37. The minimum Gasteiger partial charge on any atom is -0.308 e. The highest BCUT2D eigenvalue weighted by molar-refractivity contribution is 6.30. The van der Waals surface area contributed by atoms with Crippen molar-refractivity contribution in [1.82, 2.24) is 10.6 Å². The maximum atomic E-state index is 12.0. The van der Waals surface area contributed by atoms with Gasteiger partial charge in [0.25, 0.3) is 0 Å². The quantitative estimate of drug-likeness (QED) is 0.730. The van der Waals surface area contributed by atoms with E-state index in [1.54, 1.807) is 24.3 Å². The van der Waals surface area contributed by atoms with Crippen LogP contribution >= 0.6 is 11.6 Å². The molecule has 0 aliphatic heterocycles. The third kappa shape index (κ3) is 6.21. The summed E-state index contributed by atoms with van der Waals surface area (Å²) in [4.78, 5) is 23.8. The lowest BCUT2D eigenvalue weighted by molar-refractivity contribution is -0.119. The van der Waals surface area contributed by atoms with Gasteiger partial charge in [0, 0.05) is 16.8 Å². The van der Waals surface area contributed by atoms with E-state index in [1.165, 1.54) is 0 Å². The van der Waals surface area contributed by atoms with Gasteiger partial charge in [0.05, 0.1) is 6.54 Å². The van der Waals surface area contributed by atoms with E-state index in [9.17, 15) is 9.59 Å². The summed E-state index contributed by atoms with van der Waals surface area (Å²) in [5.74, 6) is -0.125. The molecule has 0 aliphatic carbocycles. The number of halogens is 1. The van der Waals surface area contributed by atoms with Crippen LogP contribution in [0.5, 0.6) is 0 Å². The first kappa shape index (κ1) is 19.0. The highest BCUT2D eigenvalue weighted by atomic mass is 35.5. The predicted octanol–water partition coefficient (Wildman–Crippen LogP) is 3.98. The molecule has 2 aromatic carbocycles. The Bertz CT molecular complexity index is 702. The maximum absolute atomic E-state index is 12.0. The summed E-state index contributed by atoms with van der Waals surface area (Å²) in [7, 11) is 0. The second-order valence-electron chi connectivity index (χ2n) is 6.02. The Morgan fingerprint density at radius 1 is 1.00 bits per heavy atom. The van der Waals surface area contributed by atoms with Crippen molar-refractivity contribution in [3.05, 3.63) is 65.2 Å². The molecule has 2 rings (SSSR count). The molecule has 25 heavy (non-hydrogen) atoms. The summed E-state index contributed by atoms with van der Waals surface area (Å²) >= 11 is 5.92. The normalized spacial score (nSPS) is 11.8. The smallest absolute Gasteiger partial charge is 0.308 e. The zero-order chi connectivity index (χ0) is 18.2. The third-order valence-electron chi connectivity index (χ3n) is 3.66. The van der Waals surface area contributed by atoms with Crippen LogP contribution in [-0.4, -0.2) is 18.5 Å². The maximum Gasteiger partial charge on any atom is 0.325 e. The van der Waals surface area contributed by atoms with Crippen LogP contribution in [0.15, 0.2) is 54.6 Å². The van der Waals surface area contributed by atoms with Crippen LogP contribution in [0, 0.1) is 5.92 Å². The molecular weight excluding hydrogens is 338 g/mol. The number of rotatable bonds is 6. The molecule has 3 amide bonds. The average Bonchev–Trinajstić information content (AvgIpc) is 2.57. The van der Waals surface area contributed by atoms with Crippen LogP contribution in [0.4, 0.5) is 10.5 Å². The van der Waals surface area contributed by atoms with E-state index in [1.807, 2.05) is 30.3 Å². The Labute approximate surface area is 152 Å². The highest BCUT2D eigenvalue weighted by Crippen LogP contribution is 2.22. The topological polar surface area (TPSA) is 70.2 Å². The first-order valence-electron chi connectivity index (χ1n) is 8.10. The standard InChI is InChI=1S/C19H22ClN3O2/c1-13(2)18(14-8-10-15(20)11-9-14)21-12-17(24)23-19(25)22-16-6-4-3-5-7-16/h3-11,13,18,21H,12H2,1-2H3,(H2,22,23,24,25). The molecular formula is C19H22ClN3O2. The number of imide groups is 1. The van der Waals surface area contributed by atoms with Gasteiger partial charge >= 0.3 is 6.03 Å². The van der Waals surface area contributed by atoms with Crippen molar-refractivity contribution < 1.29 is 9.59 Å². The molecule has 0 bridgehead atoms. The number of carbonyl (C=O) groups excluding carboxylic acids is 2. The van der Waals surface area contributed by atoms with Gasteiger partial charge in [-0.1, -0.05) is 55.8 Å². The van der Waals surface area contributed by atoms with Crippen LogP contribution < -0.4 is 16.0 Å². The SMILES string of the molecule is CC(C)C(NCC(=O)NC(=O)Nc1ccccc1)c1ccc(Cl)cc1. The minimum absolute atomic E-state index is 0.0137. The average molecular weight is 360 g/mol. The molecule has 0 saturated carbocycles. The number of carbonyl (C=O) groups is 2. The zero-order valence-electron chi connectivity index (χ0n) is 14.3. The molecule has 0 heterocycles. The molecule has 2 aromatic rings. The van der Waals surface area contributed by atoms with E-state index in [4.69, 9.17) is 11.6 Å². The molecule has 0 saturated heterocycles. The van der Waals surface area contributed by atoms with E-state index in [0.717, 1.165) is 5.56 Å². The van der Waals surface area contributed by atoms with Crippen molar-refractivity contribution in [3.63, 3.8) is 0 Å². The molecule has 0 fully saturated rings. The summed E-state index contributed by atoms with van der Waals surface area (Å²) in [6.07, 6.45) is 0. The van der Waals surface area contributed by atoms with Crippen LogP contribution in [0.1, 0.15) is 25.5 Å². The van der Waals surface area contributed by atoms with Gasteiger partial charge in [0.15, 0.2) is 0 Å². The van der Waals surface area contributed by atoms with Crippen molar-refractivity contribution >= 4 is 29.2 Å². The van der Waals surface area contributed by atoms with Crippen molar-refractivity contribution in [2.45, 2.75) is 19.9 Å². The molecule has 0 aromatic heterocycles. The molecule has 0 radical (unpaired) electrons. The first-order valence-corrected chi connectivity index (χ1v) is 8.48. The number of amides is 3. The molecule has 1 atom stereocenters. The second-order valence-corrected chi connectivity index (χ2v) is 6.46. The molecule has 132 valence electrons. The Morgan fingerprint density at radius 2 is 1.64 bits per heavy atom. The number of nitrogens with one attached hydrogen (secondary N) is 3. The Kier molecular flexibility index (Phi) is 6.98. The van der Waals surface area contributed by atoms with Gasteiger partial charge < -0.3 is 10.6 Å². The number of hydrogen-bond acceptors (Lipinski definition) is 3. The fraction of sp³-hybridized carbons (Fsp3) is 0.263. The number of benzene rings is 2. The van der Waals surface area contributed by atoms with Crippen LogP contribution in [0.25, 0.3) is 0 Å². The number of hydrogen-bond donors (Lipinski definition) is 3. The largest absolute Gasteiger partial charge is 0.325 e. The number of anilines is 1. The third-order valence-corrected chi connectivity index (χ3v) is 3.91.